The van der Waals surface area contributed by atoms with Gasteiger partial charge in [-0.3, -0.25) is 4.79 Å². The molecule has 208 valence electrons. The molecule has 2 aromatic carbocycles. The highest BCUT2D eigenvalue weighted by Crippen LogP contribution is 2.31. The molecule has 0 spiro atoms. The number of fused-ring (bicyclic) bond motifs is 1. The molecule has 11 nitrogen and oxygen atoms in total. The lowest BCUT2D eigenvalue weighted by molar-refractivity contribution is -0.192. The van der Waals surface area contributed by atoms with Gasteiger partial charge in [0.1, 0.15) is 12.4 Å². The van der Waals surface area contributed by atoms with Crippen LogP contribution in [0.5, 0.6) is 0 Å². The molecule has 7 N–H and O–H groups in total. The van der Waals surface area contributed by atoms with Crippen molar-refractivity contribution < 1.29 is 54.6 Å². The molecule has 0 aliphatic carbocycles. The van der Waals surface area contributed by atoms with E-state index in [1.165, 1.54) is 18.2 Å². The van der Waals surface area contributed by atoms with Gasteiger partial charge in [0.25, 0.3) is 10.2 Å². The van der Waals surface area contributed by atoms with E-state index in [-0.39, 0.29) is 23.4 Å². The Bertz CT molecular complexity index is 1410. The first-order valence-electron chi connectivity index (χ1n) is 10.0. The number of anilines is 1. The lowest BCUT2D eigenvalue weighted by Crippen LogP contribution is -2.40. The van der Waals surface area contributed by atoms with Crippen molar-refractivity contribution in [3.05, 3.63) is 59.4 Å². The van der Waals surface area contributed by atoms with Gasteiger partial charge in [-0.2, -0.15) is 34.8 Å². The van der Waals surface area contributed by atoms with E-state index in [2.05, 4.69) is 9.97 Å². The summed E-state index contributed by atoms with van der Waals surface area (Å²) in [4.78, 5) is 26.8. The molecule has 1 heterocycles. The van der Waals surface area contributed by atoms with Gasteiger partial charge in [0.2, 0.25) is 0 Å². The highest BCUT2D eigenvalue weighted by molar-refractivity contribution is 7.90. The van der Waals surface area contributed by atoms with Crippen LogP contribution in [0.3, 0.4) is 0 Å². The number of hydrogen-bond acceptors (Lipinski definition) is 6. The van der Waals surface area contributed by atoms with E-state index in [4.69, 9.17) is 25.9 Å². The van der Waals surface area contributed by atoms with E-state index in [1.54, 1.807) is 12.1 Å². The molecule has 0 aliphatic rings. The second-order valence-corrected chi connectivity index (χ2v) is 9.05. The van der Waals surface area contributed by atoms with Gasteiger partial charge in [-0.1, -0.05) is 12.1 Å². The molecule has 3 rings (SSSR count). The normalized spacial score (nSPS) is 12.9. The number of nitrogens with zero attached hydrogens (tertiary/aromatic N) is 2. The average molecular weight is 571 g/mol. The van der Waals surface area contributed by atoms with Gasteiger partial charge < -0.3 is 20.9 Å². The SMILES string of the molecule is N[C@@H](Cc1ccc(N(CC(=O)O)S(N)(=O)=O)cc1)c1nc2cc(C(F)(F)F)ccc2[nH]1.O=C(O)C(F)(F)F. The maximum Gasteiger partial charge on any atom is 0.490 e. The Morgan fingerprint density at radius 3 is 2.03 bits per heavy atom. The summed E-state index contributed by atoms with van der Waals surface area (Å²) in [6, 6.07) is 8.32. The molecule has 0 unspecified atom stereocenters. The molecular weight excluding hydrogens is 552 g/mol. The molecule has 0 saturated heterocycles. The first-order chi connectivity index (χ1) is 17.3. The molecular formula is C20H19F6N5O6S. The number of nitrogens with two attached hydrogens (primary N) is 2. The summed E-state index contributed by atoms with van der Waals surface area (Å²) < 4.78 is 94.1. The van der Waals surface area contributed by atoms with Crippen LogP contribution in [0, 0.1) is 0 Å². The van der Waals surface area contributed by atoms with Crippen molar-refractivity contribution >= 4 is 38.9 Å². The molecule has 0 aliphatic heterocycles. The van der Waals surface area contributed by atoms with Gasteiger partial charge in [0.05, 0.1) is 28.3 Å². The summed E-state index contributed by atoms with van der Waals surface area (Å²) in [7, 11) is -4.29. The monoisotopic (exact) mass is 571 g/mol. The number of carboxylic acid groups (broad SMARTS) is 2. The Morgan fingerprint density at radius 1 is 1.03 bits per heavy atom. The van der Waals surface area contributed by atoms with Crippen LogP contribution in [-0.2, 0) is 32.4 Å². The smallest absolute Gasteiger partial charge is 0.480 e. The topological polar surface area (TPSA) is 193 Å². The lowest BCUT2D eigenvalue weighted by Gasteiger charge is -2.20. The molecule has 1 atom stereocenters. The number of alkyl halides is 6. The number of hydrogen-bond donors (Lipinski definition) is 5. The molecule has 0 amide bonds. The van der Waals surface area contributed by atoms with Gasteiger partial charge in [0.15, 0.2) is 0 Å². The molecule has 38 heavy (non-hydrogen) atoms. The lowest BCUT2D eigenvalue weighted by atomic mass is 10.1. The minimum absolute atomic E-state index is 0.0608. The molecule has 0 fully saturated rings. The van der Waals surface area contributed by atoms with Crippen LogP contribution in [0.1, 0.15) is 23.0 Å². The summed E-state index contributed by atoms with van der Waals surface area (Å²) in [6.07, 6.45) is -9.33. The Labute approximate surface area is 209 Å². The fourth-order valence-corrected chi connectivity index (χ4v) is 3.68. The number of imidazole rings is 1. The minimum atomic E-state index is -5.08. The standard InChI is InChI=1S/C18H18F3N5O4S.C2HF3O2/c19-18(20,21)11-3-6-14-15(8-11)25-17(24-14)13(22)7-10-1-4-12(5-2-10)26(9-16(27)28)31(23,29)30;3-2(4,5)1(6)7/h1-6,8,13H,7,9,22H2,(H,24,25)(H,27,28)(H2,23,29,30);(H,6,7)/t13-;/m0./s1. The quantitative estimate of drug-likeness (QED) is 0.267. The predicted molar refractivity (Wildman–Crippen MR) is 120 cm³/mol. The van der Waals surface area contributed by atoms with E-state index in [1.807, 2.05) is 0 Å². The highest BCUT2D eigenvalue weighted by atomic mass is 32.2. The van der Waals surface area contributed by atoms with E-state index < -0.39 is 52.7 Å². The molecule has 0 bridgehead atoms. The van der Waals surface area contributed by atoms with E-state index in [9.17, 15) is 39.6 Å². The van der Waals surface area contributed by atoms with Crippen molar-refractivity contribution in [2.45, 2.75) is 24.8 Å². The van der Waals surface area contributed by atoms with Crippen molar-refractivity contribution in [2.75, 3.05) is 10.8 Å². The summed E-state index contributed by atoms with van der Waals surface area (Å²) in [5, 5.41) is 21.1. The summed E-state index contributed by atoms with van der Waals surface area (Å²) in [5.41, 5.74) is 6.58. The number of nitrogens with one attached hydrogen (secondary N) is 1. The summed E-state index contributed by atoms with van der Waals surface area (Å²) in [6.45, 7) is -0.837. The number of aromatic amines is 1. The van der Waals surface area contributed by atoms with Crippen molar-refractivity contribution in [2.24, 2.45) is 10.9 Å². The summed E-state index contributed by atoms with van der Waals surface area (Å²) in [5.74, 6) is -3.85. The predicted octanol–water partition coefficient (Wildman–Crippen LogP) is 2.55. The first-order valence-corrected chi connectivity index (χ1v) is 11.5. The number of benzene rings is 2. The summed E-state index contributed by atoms with van der Waals surface area (Å²) >= 11 is 0. The molecule has 1 aromatic heterocycles. The van der Waals surface area contributed by atoms with E-state index >= 15 is 0 Å². The van der Waals surface area contributed by atoms with E-state index in [0.29, 0.717) is 15.4 Å². The van der Waals surface area contributed by atoms with Crippen LogP contribution >= 0.6 is 0 Å². The van der Waals surface area contributed by atoms with Gasteiger partial charge in [-0.25, -0.2) is 19.2 Å². The molecule has 0 saturated carbocycles. The largest absolute Gasteiger partial charge is 0.490 e. The Kier molecular flexibility index (Phi) is 8.96. The fraction of sp³-hybridized carbons (Fsp3) is 0.250. The van der Waals surface area contributed by atoms with Gasteiger partial charge in [-0.15, -0.1) is 0 Å². The minimum Gasteiger partial charge on any atom is -0.480 e. The highest BCUT2D eigenvalue weighted by Gasteiger charge is 2.38. The Hall–Kier alpha value is -3.90. The number of carboxylic acids is 2. The third-order valence-corrected chi connectivity index (χ3v) is 5.64. The van der Waals surface area contributed by atoms with Gasteiger partial charge in [-0.05, 0) is 42.3 Å². The number of carbonyl (C=O) groups is 2. The third kappa shape index (κ3) is 8.32. The average Bonchev–Trinajstić information content (AvgIpc) is 3.20. The third-order valence-electron chi connectivity index (χ3n) is 4.69. The number of H-pyrrole nitrogens is 1. The Morgan fingerprint density at radius 2 is 1.58 bits per heavy atom. The Balaban J connectivity index is 0.000000638. The van der Waals surface area contributed by atoms with Crippen LogP contribution in [0.4, 0.5) is 32.0 Å². The molecule has 3 aromatic rings. The molecule has 18 heteroatoms. The number of rotatable bonds is 7. The zero-order valence-corrected chi connectivity index (χ0v) is 19.6. The number of aromatic nitrogens is 2. The number of halogens is 6. The van der Waals surface area contributed by atoms with Crippen molar-refractivity contribution in [3.63, 3.8) is 0 Å². The van der Waals surface area contributed by atoms with Gasteiger partial charge >= 0.3 is 24.3 Å². The van der Waals surface area contributed by atoms with Crippen LogP contribution < -0.4 is 15.2 Å². The van der Waals surface area contributed by atoms with Crippen molar-refractivity contribution in [1.29, 1.82) is 0 Å². The fourth-order valence-electron chi connectivity index (χ4n) is 2.98. The van der Waals surface area contributed by atoms with Crippen LogP contribution in [0.15, 0.2) is 42.5 Å². The number of aliphatic carboxylic acids is 2. The van der Waals surface area contributed by atoms with Crippen LogP contribution in [-0.4, -0.2) is 53.3 Å². The maximum atomic E-state index is 12.9. The second kappa shape index (κ2) is 11.2. The van der Waals surface area contributed by atoms with Gasteiger partial charge in [0, 0.05) is 0 Å². The zero-order valence-electron chi connectivity index (χ0n) is 18.8. The van der Waals surface area contributed by atoms with Crippen molar-refractivity contribution in [1.82, 2.24) is 9.97 Å². The zero-order chi connectivity index (χ0) is 29.1. The molecule has 0 radical (unpaired) electrons. The second-order valence-electron chi connectivity index (χ2n) is 7.58. The van der Waals surface area contributed by atoms with Crippen LogP contribution in [0.25, 0.3) is 11.0 Å². The first kappa shape index (κ1) is 30.3. The van der Waals surface area contributed by atoms with Crippen LogP contribution in [0.2, 0.25) is 0 Å². The maximum absolute atomic E-state index is 12.9. The van der Waals surface area contributed by atoms with E-state index in [0.717, 1.165) is 12.1 Å². The van der Waals surface area contributed by atoms with Crippen molar-refractivity contribution in [3.8, 4) is 0 Å².